The van der Waals surface area contributed by atoms with Gasteiger partial charge >= 0.3 is 0 Å². The number of hydrogen-bond donors (Lipinski definition) is 1. The fourth-order valence-electron chi connectivity index (χ4n) is 5.12. The van der Waals surface area contributed by atoms with Gasteiger partial charge in [0.2, 0.25) is 0 Å². The van der Waals surface area contributed by atoms with Crippen LogP contribution in [0.15, 0.2) is 22.8 Å². The molecule has 1 aromatic heterocycles. The number of nitrogens with one attached hydrogen (secondary N) is 1. The molecule has 0 aromatic carbocycles. The van der Waals surface area contributed by atoms with Gasteiger partial charge < -0.3 is 19.1 Å². The molecular formula is C21H32N3O5S+. The molecule has 2 saturated heterocycles. The van der Waals surface area contributed by atoms with Gasteiger partial charge in [-0.3, -0.25) is 9.59 Å². The van der Waals surface area contributed by atoms with Crippen LogP contribution in [0.2, 0.25) is 0 Å². The highest BCUT2D eigenvalue weighted by Gasteiger charge is 2.40. The molecule has 2 amide bonds. The van der Waals surface area contributed by atoms with Gasteiger partial charge in [-0.05, 0) is 31.4 Å². The summed E-state index contributed by atoms with van der Waals surface area (Å²) in [5.41, 5.74) is 0. The zero-order valence-electron chi connectivity index (χ0n) is 17.4. The maximum atomic E-state index is 13.3. The minimum Gasteiger partial charge on any atom is -0.459 e. The lowest BCUT2D eigenvalue weighted by Gasteiger charge is -2.39. The number of piperazine rings is 1. The summed E-state index contributed by atoms with van der Waals surface area (Å²) in [5, 5.41) is 0. The van der Waals surface area contributed by atoms with E-state index < -0.39 is 9.84 Å². The van der Waals surface area contributed by atoms with Crippen molar-refractivity contribution in [3.8, 4) is 0 Å². The Bertz CT molecular complexity index is 840. The highest BCUT2D eigenvalue weighted by Crippen LogP contribution is 2.28. The van der Waals surface area contributed by atoms with Gasteiger partial charge in [-0.2, -0.15) is 0 Å². The van der Waals surface area contributed by atoms with E-state index in [1.54, 1.807) is 17.0 Å². The van der Waals surface area contributed by atoms with Crippen LogP contribution in [0.1, 0.15) is 49.1 Å². The smallest absolute Gasteiger partial charge is 0.289 e. The Morgan fingerprint density at radius 1 is 1.10 bits per heavy atom. The average Bonchev–Trinajstić information content (AvgIpc) is 3.39. The Kier molecular flexibility index (Phi) is 6.48. The first-order valence-electron chi connectivity index (χ1n) is 11.1. The topological polar surface area (TPSA) is 92.3 Å². The van der Waals surface area contributed by atoms with Crippen LogP contribution in [0, 0.1) is 0 Å². The summed E-state index contributed by atoms with van der Waals surface area (Å²) in [5.74, 6) is 0.612. The van der Waals surface area contributed by atoms with Crippen molar-refractivity contribution >= 4 is 21.7 Å². The monoisotopic (exact) mass is 438 g/mol. The Morgan fingerprint density at radius 3 is 2.43 bits per heavy atom. The van der Waals surface area contributed by atoms with Gasteiger partial charge in [0.25, 0.3) is 11.8 Å². The van der Waals surface area contributed by atoms with Crippen LogP contribution in [-0.4, -0.2) is 86.3 Å². The summed E-state index contributed by atoms with van der Waals surface area (Å²) in [6, 6.07) is 3.37. The molecular weight excluding hydrogens is 406 g/mol. The first kappa shape index (κ1) is 21.4. The number of quaternary nitrogens is 1. The lowest BCUT2D eigenvalue weighted by molar-refractivity contribution is -0.896. The maximum absolute atomic E-state index is 13.3. The van der Waals surface area contributed by atoms with E-state index in [2.05, 4.69) is 0 Å². The molecule has 2 aliphatic heterocycles. The van der Waals surface area contributed by atoms with E-state index in [1.165, 1.54) is 12.7 Å². The van der Waals surface area contributed by atoms with Crippen LogP contribution in [0.25, 0.3) is 0 Å². The number of furan rings is 1. The summed E-state index contributed by atoms with van der Waals surface area (Å²) in [6.45, 7) is 2.96. The first-order valence-corrected chi connectivity index (χ1v) is 12.9. The van der Waals surface area contributed by atoms with Crippen LogP contribution in [0.5, 0.6) is 0 Å². The fourth-order valence-corrected chi connectivity index (χ4v) is 6.83. The van der Waals surface area contributed by atoms with Crippen molar-refractivity contribution in [2.75, 3.05) is 44.2 Å². The number of carbonyl (C=O) groups is 2. The number of amides is 2. The highest BCUT2D eigenvalue weighted by atomic mass is 32.2. The minimum absolute atomic E-state index is 0.0739. The number of sulfone groups is 1. The van der Waals surface area contributed by atoms with E-state index in [1.807, 2.05) is 4.90 Å². The largest absolute Gasteiger partial charge is 0.459 e. The molecule has 0 radical (unpaired) electrons. The SMILES string of the molecule is O=C(c1ccco1)N1CC[NH+](CC(=O)N(C2CCCCC2)[C@H]2CCS(=O)(=O)C2)CC1. The summed E-state index contributed by atoms with van der Waals surface area (Å²) in [6.07, 6.45) is 7.41. The lowest BCUT2D eigenvalue weighted by Crippen LogP contribution is -3.16. The molecule has 166 valence electrons. The molecule has 1 atom stereocenters. The minimum atomic E-state index is -3.04. The molecule has 9 heteroatoms. The predicted octanol–water partition coefficient (Wildman–Crippen LogP) is -0.0313. The second kappa shape index (κ2) is 9.09. The maximum Gasteiger partial charge on any atom is 0.289 e. The van der Waals surface area contributed by atoms with E-state index in [9.17, 15) is 18.0 Å². The molecule has 1 saturated carbocycles. The Balaban J connectivity index is 1.36. The zero-order chi connectivity index (χ0) is 21.1. The quantitative estimate of drug-likeness (QED) is 0.697. The molecule has 3 heterocycles. The zero-order valence-corrected chi connectivity index (χ0v) is 18.2. The van der Waals surface area contributed by atoms with Crippen molar-refractivity contribution < 1.29 is 27.3 Å². The molecule has 8 nitrogen and oxygen atoms in total. The number of rotatable bonds is 5. The second-order valence-electron chi connectivity index (χ2n) is 8.85. The molecule has 3 aliphatic rings. The van der Waals surface area contributed by atoms with Crippen molar-refractivity contribution in [3.63, 3.8) is 0 Å². The normalized spacial score (nSPS) is 25.3. The average molecular weight is 439 g/mol. The molecule has 1 aromatic rings. The van der Waals surface area contributed by atoms with Gasteiger partial charge in [-0.25, -0.2) is 8.42 Å². The van der Waals surface area contributed by atoms with E-state index in [0.717, 1.165) is 30.6 Å². The van der Waals surface area contributed by atoms with Crippen LogP contribution in [0.4, 0.5) is 0 Å². The first-order chi connectivity index (χ1) is 14.4. The molecule has 1 aliphatic carbocycles. The third-order valence-corrected chi connectivity index (χ3v) is 8.50. The van der Waals surface area contributed by atoms with Crippen molar-refractivity contribution in [1.29, 1.82) is 0 Å². The third kappa shape index (κ3) is 4.88. The molecule has 1 N–H and O–H groups in total. The van der Waals surface area contributed by atoms with E-state index in [-0.39, 0.29) is 35.4 Å². The van der Waals surface area contributed by atoms with Gasteiger partial charge in [0.1, 0.15) is 0 Å². The molecule has 0 bridgehead atoms. The van der Waals surface area contributed by atoms with Crippen LogP contribution >= 0.6 is 0 Å². The van der Waals surface area contributed by atoms with Gasteiger partial charge in [0.05, 0.1) is 43.9 Å². The summed E-state index contributed by atoms with van der Waals surface area (Å²) in [7, 11) is -3.04. The van der Waals surface area contributed by atoms with Gasteiger partial charge in [-0.15, -0.1) is 0 Å². The standard InChI is InChI=1S/C21H31N3O5S/c25-20(15-22-9-11-23(12-10-22)21(26)19-7-4-13-29-19)24(17-5-2-1-3-6-17)18-8-14-30(27,28)16-18/h4,7,13,17-18H,1-3,5-6,8-12,14-16H2/p+1/t18-/m0/s1. The Hall–Kier alpha value is -1.87. The molecule has 0 unspecified atom stereocenters. The number of nitrogens with zero attached hydrogens (tertiary/aromatic N) is 2. The van der Waals surface area contributed by atoms with Crippen LogP contribution < -0.4 is 4.90 Å². The lowest BCUT2D eigenvalue weighted by atomic mass is 9.92. The summed E-state index contributed by atoms with van der Waals surface area (Å²) >= 11 is 0. The molecule has 4 rings (SSSR count). The van der Waals surface area contributed by atoms with Crippen molar-refractivity contribution in [2.45, 2.75) is 50.6 Å². The van der Waals surface area contributed by atoms with Gasteiger partial charge in [0, 0.05) is 12.1 Å². The highest BCUT2D eigenvalue weighted by molar-refractivity contribution is 7.91. The molecule has 3 fully saturated rings. The van der Waals surface area contributed by atoms with Crippen molar-refractivity contribution in [3.05, 3.63) is 24.2 Å². The number of hydrogen-bond acceptors (Lipinski definition) is 5. The summed E-state index contributed by atoms with van der Waals surface area (Å²) < 4.78 is 29.3. The summed E-state index contributed by atoms with van der Waals surface area (Å²) in [4.78, 5) is 30.6. The fraction of sp³-hybridized carbons (Fsp3) is 0.714. The van der Waals surface area contributed by atoms with Crippen molar-refractivity contribution in [2.24, 2.45) is 0 Å². The van der Waals surface area contributed by atoms with E-state index in [0.29, 0.717) is 44.9 Å². The Labute approximate surface area is 178 Å². The number of carbonyl (C=O) groups excluding carboxylic acids is 2. The van der Waals surface area contributed by atoms with E-state index >= 15 is 0 Å². The third-order valence-electron chi connectivity index (χ3n) is 6.75. The molecule has 0 spiro atoms. The van der Waals surface area contributed by atoms with E-state index in [4.69, 9.17) is 4.42 Å². The Morgan fingerprint density at radius 2 is 1.83 bits per heavy atom. The van der Waals surface area contributed by atoms with Crippen molar-refractivity contribution in [1.82, 2.24) is 9.80 Å². The van der Waals surface area contributed by atoms with Crippen LogP contribution in [0.3, 0.4) is 0 Å². The van der Waals surface area contributed by atoms with Gasteiger partial charge in [0.15, 0.2) is 22.1 Å². The van der Waals surface area contributed by atoms with Crippen LogP contribution in [-0.2, 0) is 14.6 Å². The second-order valence-corrected chi connectivity index (χ2v) is 11.1. The predicted molar refractivity (Wildman–Crippen MR) is 111 cm³/mol. The van der Waals surface area contributed by atoms with Gasteiger partial charge in [-0.1, -0.05) is 19.3 Å². The molecule has 30 heavy (non-hydrogen) atoms.